The number of amides is 2. The van der Waals surface area contributed by atoms with Crippen molar-refractivity contribution in [3.63, 3.8) is 0 Å². The highest BCUT2D eigenvalue weighted by Gasteiger charge is 2.45. The standard InChI is InChI=1S/C22H31N5O3/c1-15-8-17(11-23-10-15)21(29)24-12-16-9-19(28)27(22(2,3)4)20(16)18-13-25-26(14-18)6-7-30-5/h8,10-11,13-14,16,20H,6-7,9,12H2,1-5H3,(H,24,29)/t16-,20+/m0/s1. The van der Waals surface area contributed by atoms with Gasteiger partial charge in [0.1, 0.15) is 0 Å². The van der Waals surface area contributed by atoms with Gasteiger partial charge in [-0.3, -0.25) is 19.3 Å². The molecule has 0 unspecified atom stereocenters. The van der Waals surface area contributed by atoms with Crippen LogP contribution in [-0.2, 0) is 16.1 Å². The fourth-order valence-corrected chi connectivity index (χ4v) is 4.04. The molecule has 162 valence electrons. The molecule has 0 spiro atoms. The number of nitrogens with one attached hydrogen (secondary N) is 1. The lowest BCUT2D eigenvalue weighted by molar-refractivity contribution is -0.133. The van der Waals surface area contributed by atoms with Crippen LogP contribution < -0.4 is 5.32 Å². The summed E-state index contributed by atoms with van der Waals surface area (Å²) in [6.07, 6.45) is 7.45. The van der Waals surface area contributed by atoms with Crippen molar-refractivity contribution in [2.24, 2.45) is 5.92 Å². The Hall–Kier alpha value is -2.74. The molecule has 0 radical (unpaired) electrons. The Morgan fingerprint density at radius 1 is 1.30 bits per heavy atom. The SMILES string of the molecule is COCCn1cc([C@H]2[C@H](CNC(=O)c3cncc(C)c3)CC(=O)N2C(C)(C)C)cn1. The van der Waals surface area contributed by atoms with E-state index in [1.54, 1.807) is 25.6 Å². The summed E-state index contributed by atoms with van der Waals surface area (Å²) in [6, 6.07) is 1.66. The van der Waals surface area contributed by atoms with Crippen LogP contribution >= 0.6 is 0 Å². The Morgan fingerprint density at radius 2 is 2.07 bits per heavy atom. The van der Waals surface area contributed by atoms with Gasteiger partial charge < -0.3 is 15.0 Å². The average Bonchev–Trinajstić information content (AvgIpc) is 3.27. The monoisotopic (exact) mass is 413 g/mol. The first-order chi connectivity index (χ1) is 14.2. The summed E-state index contributed by atoms with van der Waals surface area (Å²) in [5.41, 5.74) is 2.09. The molecule has 8 nitrogen and oxygen atoms in total. The van der Waals surface area contributed by atoms with Crippen molar-refractivity contribution < 1.29 is 14.3 Å². The molecule has 2 amide bonds. The predicted molar refractivity (Wildman–Crippen MR) is 113 cm³/mol. The summed E-state index contributed by atoms with van der Waals surface area (Å²) in [5.74, 6) is -0.130. The smallest absolute Gasteiger partial charge is 0.252 e. The zero-order chi connectivity index (χ0) is 21.9. The summed E-state index contributed by atoms with van der Waals surface area (Å²) in [7, 11) is 1.66. The van der Waals surface area contributed by atoms with E-state index in [0.717, 1.165) is 11.1 Å². The van der Waals surface area contributed by atoms with Gasteiger partial charge in [-0.1, -0.05) is 0 Å². The minimum atomic E-state index is -0.338. The second kappa shape index (κ2) is 8.95. The first-order valence-corrected chi connectivity index (χ1v) is 10.2. The number of nitrogens with zero attached hydrogens (tertiary/aromatic N) is 4. The maximum absolute atomic E-state index is 12.9. The Balaban J connectivity index is 1.80. The first kappa shape index (κ1) is 22.0. The molecule has 2 aromatic heterocycles. The number of pyridine rings is 1. The number of rotatable bonds is 7. The van der Waals surface area contributed by atoms with Crippen LogP contribution in [0.4, 0.5) is 0 Å². The molecule has 30 heavy (non-hydrogen) atoms. The molecule has 0 bridgehead atoms. The van der Waals surface area contributed by atoms with Crippen molar-refractivity contribution in [3.8, 4) is 0 Å². The molecular weight excluding hydrogens is 382 g/mol. The van der Waals surface area contributed by atoms with Gasteiger partial charge in [0.05, 0.1) is 31.0 Å². The van der Waals surface area contributed by atoms with Gasteiger partial charge in [-0.25, -0.2) is 0 Å². The maximum atomic E-state index is 12.9. The van der Waals surface area contributed by atoms with E-state index in [2.05, 4.69) is 15.4 Å². The highest BCUT2D eigenvalue weighted by molar-refractivity contribution is 5.94. The lowest BCUT2D eigenvalue weighted by atomic mass is 9.93. The summed E-state index contributed by atoms with van der Waals surface area (Å²) in [6.45, 7) is 9.62. The third-order valence-corrected chi connectivity index (χ3v) is 5.33. The Morgan fingerprint density at radius 3 is 2.73 bits per heavy atom. The summed E-state index contributed by atoms with van der Waals surface area (Å²) in [4.78, 5) is 31.5. The molecule has 3 heterocycles. The number of ether oxygens (including phenoxy) is 1. The van der Waals surface area contributed by atoms with Crippen LogP contribution in [0, 0.1) is 12.8 Å². The molecule has 1 saturated heterocycles. The van der Waals surface area contributed by atoms with Gasteiger partial charge in [0.15, 0.2) is 0 Å². The fourth-order valence-electron chi connectivity index (χ4n) is 4.04. The molecule has 1 N–H and O–H groups in total. The number of carbonyl (C=O) groups excluding carboxylic acids is 2. The van der Waals surface area contributed by atoms with Crippen molar-refractivity contribution >= 4 is 11.8 Å². The molecule has 1 aliphatic heterocycles. The normalized spacial score (nSPS) is 19.4. The van der Waals surface area contributed by atoms with Gasteiger partial charge in [0.25, 0.3) is 5.91 Å². The van der Waals surface area contributed by atoms with E-state index in [1.807, 2.05) is 49.7 Å². The van der Waals surface area contributed by atoms with Crippen LogP contribution in [0.25, 0.3) is 0 Å². The van der Waals surface area contributed by atoms with Crippen LogP contribution in [0.15, 0.2) is 30.9 Å². The van der Waals surface area contributed by atoms with Gasteiger partial charge in [-0.05, 0) is 39.3 Å². The zero-order valence-electron chi connectivity index (χ0n) is 18.4. The van der Waals surface area contributed by atoms with Gasteiger partial charge in [0.2, 0.25) is 5.91 Å². The second-order valence-corrected chi connectivity index (χ2v) is 8.83. The van der Waals surface area contributed by atoms with E-state index in [4.69, 9.17) is 4.74 Å². The highest BCUT2D eigenvalue weighted by Crippen LogP contribution is 2.42. The van der Waals surface area contributed by atoms with E-state index in [9.17, 15) is 9.59 Å². The third-order valence-electron chi connectivity index (χ3n) is 5.33. The lowest BCUT2D eigenvalue weighted by Gasteiger charge is -2.38. The molecule has 0 aliphatic carbocycles. The maximum Gasteiger partial charge on any atom is 0.252 e. The van der Waals surface area contributed by atoms with Gasteiger partial charge in [0, 0.05) is 55.7 Å². The number of likely N-dealkylation sites (tertiary alicyclic amines) is 1. The second-order valence-electron chi connectivity index (χ2n) is 8.83. The van der Waals surface area contributed by atoms with E-state index < -0.39 is 0 Å². The fraction of sp³-hybridized carbons (Fsp3) is 0.545. The molecular formula is C22H31N5O3. The van der Waals surface area contributed by atoms with Gasteiger partial charge in [-0.15, -0.1) is 0 Å². The van der Waals surface area contributed by atoms with Crippen LogP contribution in [0.3, 0.4) is 0 Å². The quantitative estimate of drug-likeness (QED) is 0.753. The van der Waals surface area contributed by atoms with Crippen LogP contribution in [0.1, 0.15) is 54.7 Å². The van der Waals surface area contributed by atoms with Crippen LogP contribution in [0.5, 0.6) is 0 Å². The number of methoxy groups -OCH3 is 1. The van der Waals surface area contributed by atoms with Crippen molar-refractivity contribution in [3.05, 3.63) is 47.5 Å². The molecule has 2 aromatic rings. The number of hydrogen-bond donors (Lipinski definition) is 1. The third kappa shape index (κ3) is 4.87. The molecule has 0 aromatic carbocycles. The van der Waals surface area contributed by atoms with E-state index in [0.29, 0.717) is 31.7 Å². The molecule has 1 fully saturated rings. The topological polar surface area (TPSA) is 89.3 Å². The molecule has 8 heteroatoms. The Labute approximate surface area is 177 Å². The Bertz CT molecular complexity index is 902. The van der Waals surface area contributed by atoms with E-state index >= 15 is 0 Å². The minimum absolute atomic E-state index is 0.0430. The van der Waals surface area contributed by atoms with E-state index in [-0.39, 0.29) is 29.3 Å². The van der Waals surface area contributed by atoms with Crippen LogP contribution in [0.2, 0.25) is 0 Å². The van der Waals surface area contributed by atoms with Crippen molar-refractivity contribution in [1.82, 2.24) is 25.0 Å². The van der Waals surface area contributed by atoms with Crippen LogP contribution in [-0.4, -0.2) is 57.3 Å². The first-order valence-electron chi connectivity index (χ1n) is 10.2. The number of carbonyl (C=O) groups is 2. The molecule has 2 atom stereocenters. The minimum Gasteiger partial charge on any atom is -0.383 e. The lowest BCUT2D eigenvalue weighted by Crippen LogP contribution is -2.44. The molecule has 1 aliphatic rings. The largest absolute Gasteiger partial charge is 0.383 e. The molecule has 0 saturated carbocycles. The summed E-state index contributed by atoms with van der Waals surface area (Å²) >= 11 is 0. The average molecular weight is 414 g/mol. The van der Waals surface area contributed by atoms with Gasteiger partial charge in [-0.2, -0.15) is 5.10 Å². The number of hydrogen-bond acceptors (Lipinski definition) is 5. The number of aryl methyl sites for hydroxylation is 1. The van der Waals surface area contributed by atoms with E-state index in [1.165, 1.54) is 0 Å². The summed E-state index contributed by atoms with van der Waals surface area (Å²) < 4.78 is 6.96. The van der Waals surface area contributed by atoms with Crippen molar-refractivity contribution in [2.45, 2.75) is 52.2 Å². The van der Waals surface area contributed by atoms with Crippen molar-refractivity contribution in [1.29, 1.82) is 0 Å². The Kier molecular flexibility index (Phi) is 6.55. The van der Waals surface area contributed by atoms with Gasteiger partial charge >= 0.3 is 0 Å². The highest BCUT2D eigenvalue weighted by atomic mass is 16.5. The number of aromatic nitrogens is 3. The predicted octanol–water partition coefficient (Wildman–Crippen LogP) is 2.35. The zero-order valence-corrected chi connectivity index (χ0v) is 18.4. The summed E-state index contributed by atoms with van der Waals surface area (Å²) in [5, 5.41) is 7.43. The van der Waals surface area contributed by atoms with Crippen molar-refractivity contribution in [2.75, 3.05) is 20.3 Å². The molecule has 3 rings (SSSR count).